The van der Waals surface area contributed by atoms with Crippen LogP contribution in [0.4, 0.5) is 4.79 Å². The number of carbonyl (C=O) groups is 2. The second-order valence-electron chi connectivity index (χ2n) is 7.60. The highest BCUT2D eigenvalue weighted by Gasteiger charge is 2.38. The van der Waals surface area contributed by atoms with Gasteiger partial charge >= 0.3 is 12.0 Å². The number of halogens is 1. The summed E-state index contributed by atoms with van der Waals surface area (Å²) in [5.74, 6) is 1.29. The highest BCUT2D eigenvalue weighted by atomic mass is 35.5. The Morgan fingerprint density at radius 2 is 1.90 bits per heavy atom. The normalized spacial score (nSPS) is 24.0. The Labute approximate surface area is 177 Å². The van der Waals surface area contributed by atoms with Crippen molar-refractivity contribution in [3.8, 4) is 11.5 Å². The number of methoxy groups -OCH3 is 1. The van der Waals surface area contributed by atoms with Gasteiger partial charge < -0.3 is 41.3 Å². The van der Waals surface area contributed by atoms with E-state index in [1.165, 1.54) is 12.0 Å². The third-order valence-corrected chi connectivity index (χ3v) is 5.80. The molecule has 2 amide bonds. The van der Waals surface area contributed by atoms with Crippen molar-refractivity contribution in [2.45, 2.75) is 25.0 Å². The molecule has 2 atom stereocenters. The Morgan fingerprint density at radius 1 is 1.17 bits per heavy atom. The molecule has 0 saturated carbocycles. The zero-order valence-electron chi connectivity index (χ0n) is 16.6. The van der Waals surface area contributed by atoms with E-state index < -0.39 is 6.04 Å². The van der Waals surface area contributed by atoms with Gasteiger partial charge in [-0.05, 0) is 25.0 Å². The van der Waals surface area contributed by atoms with Gasteiger partial charge in [0.05, 0.1) is 33.3 Å². The molecule has 8 nitrogen and oxygen atoms in total. The molecule has 2 unspecified atom stereocenters. The Kier molecular flexibility index (Phi) is 7.08. The average molecular weight is 426 g/mol. The molecular weight excluding hydrogens is 398 g/mol. The van der Waals surface area contributed by atoms with Crippen molar-refractivity contribution in [1.82, 2.24) is 9.80 Å². The number of amides is 2. The van der Waals surface area contributed by atoms with Crippen LogP contribution in [0.15, 0.2) is 24.3 Å². The minimum absolute atomic E-state index is 0. The predicted octanol–water partition coefficient (Wildman–Crippen LogP) is -3.21. The molecule has 4 rings (SSSR count). The van der Waals surface area contributed by atoms with Crippen LogP contribution >= 0.6 is 0 Å². The zero-order valence-corrected chi connectivity index (χ0v) is 17.4. The quantitative estimate of drug-likeness (QED) is 0.516. The number of hydrogen-bond acceptors (Lipinski definition) is 5. The number of rotatable bonds is 3. The molecule has 9 heteroatoms. The minimum Gasteiger partial charge on any atom is -1.00 e. The summed E-state index contributed by atoms with van der Waals surface area (Å²) in [7, 11) is 1.38. The molecule has 0 bridgehead atoms. The number of carbonyl (C=O) groups excluding carboxylic acids is 2. The van der Waals surface area contributed by atoms with Gasteiger partial charge in [0.2, 0.25) is 0 Å². The van der Waals surface area contributed by atoms with Crippen molar-refractivity contribution in [3.05, 3.63) is 24.3 Å². The van der Waals surface area contributed by atoms with Gasteiger partial charge in [0.1, 0.15) is 19.2 Å². The summed E-state index contributed by atoms with van der Waals surface area (Å²) in [5, 5.41) is 0. The number of urea groups is 1. The summed E-state index contributed by atoms with van der Waals surface area (Å²) in [6.07, 6.45) is 1.55. The second-order valence-corrected chi connectivity index (χ2v) is 7.60. The lowest BCUT2D eigenvalue weighted by Crippen LogP contribution is -3.16. The van der Waals surface area contributed by atoms with E-state index in [4.69, 9.17) is 14.2 Å². The highest BCUT2D eigenvalue weighted by molar-refractivity contribution is 5.84. The monoisotopic (exact) mass is 425 g/mol. The molecule has 0 aromatic heterocycles. The van der Waals surface area contributed by atoms with Gasteiger partial charge in [0.25, 0.3) is 0 Å². The topological polar surface area (TPSA) is 72.8 Å². The molecule has 2 fully saturated rings. The van der Waals surface area contributed by atoms with Gasteiger partial charge in [-0.15, -0.1) is 0 Å². The lowest BCUT2D eigenvalue weighted by molar-refractivity contribution is -0.906. The van der Waals surface area contributed by atoms with Crippen molar-refractivity contribution >= 4 is 12.0 Å². The molecular formula is C20H28ClN3O5. The highest BCUT2D eigenvalue weighted by Crippen LogP contribution is 2.30. The van der Waals surface area contributed by atoms with Crippen molar-refractivity contribution in [1.29, 1.82) is 0 Å². The Hall–Kier alpha value is -2.19. The Balaban J connectivity index is 0.00000240. The third kappa shape index (κ3) is 4.70. The predicted molar refractivity (Wildman–Crippen MR) is 101 cm³/mol. The lowest BCUT2D eigenvalue weighted by Gasteiger charge is -2.37. The van der Waals surface area contributed by atoms with E-state index in [1.54, 1.807) is 4.90 Å². The molecule has 0 aliphatic carbocycles. The van der Waals surface area contributed by atoms with Crippen LogP contribution in [0.2, 0.25) is 0 Å². The number of likely N-dealkylation sites (tertiary alicyclic amines) is 1. The molecule has 0 spiro atoms. The molecule has 3 aliphatic heterocycles. The summed E-state index contributed by atoms with van der Waals surface area (Å²) in [5.41, 5.74) is 0. The maximum atomic E-state index is 12.9. The van der Waals surface area contributed by atoms with E-state index in [0.717, 1.165) is 37.6 Å². The average Bonchev–Trinajstić information content (AvgIpc) is 3.23. The minimum atomic E-state index is -0.435. The van der Waals surface area contributed by atoms with E-state index in [-0.39, 0.29) is 30.5 Å². The fourth-order valence-corrected chi connectivity index (χ4v) is 4.26. The van der Waals surface area contributed by atoms with Crippen LogP contribution in [-0.2, 0) is 9.53 Å². The number of nitrogens with one attached hydrogen (secondary N) is 1. The van der Waals surface area contributed by atoms with Gasteiger partial charge in [-0.3, -0.25) is 0 Å². The molecule has 0 radical (unpaired) electrons. The summed E-state index contributed by atoms with van der Waals surface area (Å²) >= 11 is 0. The molecule has 1 N–H and O–H groups in total. The van der Waals surface area contributed by atoms with E-state index in [2.05, 4.69) is 0 Å². The van der Waals surface area contributed by atoms with E-state index in [0.29, 0.717) is 32.7 Å². The van der Waals surface area contributed by atoms with Gasteiger partial charge in [-0.2, -0.15) is 0 Å². The molecule has 160 valence electrons. The number of ether oxygens (including phenoxy) is 3. The first-order valence-corrected chi connectivity index (χ1v) is 10.0. The van der Waals surface area contributed by atoms with Crippen molar-refractivity contribution in [3.63, 3.8) is 0 Å². The molecule has 1 aromatic rings. The fraction of sp³-hybridized carbons (Fsp3) is 0.600. The largest absolute Gasteiger partial charge is 1.00 e. The summed E-state index contributed by atoms with van der Waals surface area (Å²) in [4.78, 5) is 29.7. The van der Waals surface area contributed by atoms with E-state index in [9.17, 15) is 9.59 Å². The molecule has 29 heavy (non-hydrogen) atoms. The van der Waals surface area contributed by atoms with Crippen LogP contribution in [0, 0.1) is 0 Å². The standard InChI is InChI=1S/C20H27N3O5.ClH/c1-26-19(24)16-5-4-8-23(16)20(25)22-11-9-21(10-12-22)13-15-14-27-17-6-2-3-7-18(17)28-15;/h2-3,6-7,15-16H,4-5,8-14H2,1H3;1H. The second kappa shape index (κ2) is 9.54. The van der Waals surface area contributed by atoms with Gasteiger partial charge in [-0.1, -0.05) is 12.1 Å². The van der Waals surface area contributed by atoms with Crippen LogP contribution in [0.3, 0.4) is 0 Å². The Morgan fingerprint density at radius 3 is 2.62 bits per heavy atom. The molecule has 3 aliphatic rings. The first-order valence-electron chi connectivity index (χ1n) is 10.0. The number of fused-ring (bicyclic) bond motifs is 1. The zero-order chi connectivity index (χ0) is 19.5. The maximum absolute atomic E-state index is 12.9. The first kappa shape index (κ1) is 21.5. The number of piperazine rings is 1. The first-order chi connectivity index (χ1) is 13.7. The van der Waals surface area contributed by atoms with Crippen LogP contribution < -0.4 is 26.8 Å². The number of nitrogens with zero attached hydrogens (tertiary/aromatic N) is 2. The maximum Gasteiger partial charge on any atom is 0.328 e. The smallest absolute Gasteiger partial charge is 0.328 e. The summed E-state index contributed by atoms with van der Waals surface area (Å²) in [6.45, 7) is 5.13. The van der Waals surface area contributed by atoms with Crippen molar-refractivity contribution in [2.75, 3.05) is 53.0 Å². The molecule has 1 aromatic carbocycles. The summed E-state index contributed by atoms with van der Waals surface area (Å²) < 4.78 is 16.7. The number of para-hydroxylation sites is 2. The van der Waals surface area contributed by atoms with Crippen LogP contribution in [0.5, 0.6) is 11.5 Å². The number of hydrogen-bond donors (Lipinski definition) is 1. The van der Waals surface area contributed by atoms with Crippen LogP contribution in [-0.4, -0.2) is 86.9 Å². The van der Waals surface area contributed by atoms with Crippen LogP contribution in [0.25, 0.3) is 0 Å². The van der Waals surface area contributed by atoms with E-state index >= 15 is 0 Å². The van der Waals surface area contributed by atoms with Gasteiger partial charge in [-0.25, -0.2) is 9.59 Å². The lowest BCUT2D eigenvalue weighted by atomic mass is 10.2. The number of esters is 1. The third-order valence-electron chi connectivity index (χ3n) is 5.80. The summed E-state index contributed by atoms with van der Waals surface area (Å²) in [6, 6.07) is 7.26. The molecule has 2 saturated heterocycles. The van der Waals surface area contributed by atoms with Crippen molar-refractivity contribution in [2.24, 2.45) is 0 Å². The fourth-order valence-electron chi connectivity index (χ4n) is 4.26. The Bertz CT molecular complexity index is 726. The van der Waals surface area contributed by atoms with Crippen LogP contribution in [0.1, 0.15) is 12.8 Å². The van der Waals surface area contributed by atoms with E-state index in [1.807, 2.05) is 29.2 Å². The van der Waals surface area contributed by atoms with Gasteiger partial charge in [0, 0.05) is 6.54 Å². The molecule has 3 heterocycles. The number of benzene rings is 1. The van der Waals surface area contributed by atoms with Gasteiger partial charge in [0.15, 0.2) is 17.6 Å². The van der Waals surface area contributed by atoms with Crippen molar-refractivity contribution < 1.29 is 41.1 Å². The number of quaternary nitrogens is 1. The SMILES string of the molecule is COC(=O)C1CCCN1C(=O)N1CC[NH+](CC2COc3ccccc3O2)CC1.[Cl-].